The molecule has 0 saturated carbocycles. The first-order valence-corrected chi connectivity index (χ1v) is 7.34. The molecule has 2 amide bonds. The molecule has 0 aromatic carbocycles. The van der Waals surface area contributed by atoms with Gasteiger partial charge in [0.1, 0.15) is 0 Å². The van der Waals surface area contributed by atoms with E-state index in [-0.39, 0.29) is 37.1 Å². The number of carbonyl (C=O) groups excluding carboxylic acids is 1. The molecule has 0 aliphatic carbocycles. The molecule has 1 aliphatic heterocycles. The number of aliphatic hydroxyl groups excluding tert-OH is 2. The molecular formula is C12H26N8O5. The fourth-order valence-corrected chi connectivity index (χ4v) is 1.15. The third-order valence-corrected chi connectivity index (χ3v) is 2.29. The second-order valence-corrected chi connectivity index (χ2v) is 4.41. The van der Waals surface area contributed by atoms with Crippen molar-refractivity contribution in [3.63, 3.8) is 0 Å². The number of hydrogen-bond acceptors (Lipinski definition) is 11. The first-order chi connectivity index (χ1) is 11.9. The maximum absolute atomic E-state index is 9.91. The molecule has 1 saturated heterocycles. The lowest BCUT2D eigenvalue weighted by molar-refractivity contribution is 0.0222. The third-order valence-electron chi connectivity index (χ3n) is 2.29. The zero-order chi connectivity index (χ0) is 19.1. The number of hydrogen-bond donors (Lipinski definition) is 6. The van der Waals surface area contributed by atoms with Crippen LogP contribution in [0.2, 0.25) is 0 Å². The van der Waals surface area contributed by atoms with E-state index in [0.29, 0.717) is 26.4 Å². The van der Waals surface area contributed by atoms with Gasteiger partial charge in [-0.2, -0.15) is 15.0 Å². The maximum Gasteiger partial charge on any atom is 0.314 e. The van der Waals surface area contributed by atoms with Crippen molar-refractivity contribution in [2.24, 2.45) is 5.73 Å². The van der Waals surface area contributed by atoms with E-state index in [1.165, 1.54) is 0 Å². The van der Waals surface area contributed by atoms with Crippen LogP contribution >= 0.6 is 0 Å². The number of amides is 2. The van der Waals surface area contributed by atoms with Gasteiger partial charge in [0.2, 0.25) is 17.8 Å². The summed E-state index contributed by atoms with van der Waals surface area (Å²) in [4.78, 5) is 21.9. The minimum atomic E-state index is -0.296. The number of anilines is 3. The number of carbonyl (C=O) groups is 1. The maximum atomic E-state index is 9.91. The van der Waals surface area contributed by atoms with Gasteiger partial charge in [0.25, 0.3) is 0 Å². The fraction of sp³-hybridized carbons (Fsp3) is 0.667. The van der Waals surface area contributed by atoms with Crippen LogP contribution in [0, 0.1) is 0 Å². The van der Waals surface area contributed by atoms with Gasteiger partial charge < -0.3 is 47.5 Å². The van der Waals surface area contributed by atoms with Crippen molar-refractivity contribution < 1.29 is 24.5 Å². The number of nitrogens with two attached hydrogens (primary N) is 4. The van der Waals surface area contributed by atoms with Gasteiger partial charge in [0.05, 0.1) is 39.6 Å². The molecule has 1 aromatic heterocycles. The summed E-state index contributed by atoms with van der Waals surface area (Å²) >= 11 is 0. The zero-order valence-corrected chi connectivity index (χ0v) is 13.9. The molecule has 144 valence electrons. The van der Waals surface area contributed by atoms with E-state index in [2.05, 4.69) is 15.0 Å². The summed E-state index contributed by atoms with van der Waals surface area (Å²) in [6.45, 7) is 3.44. The molecule has 25 heavy (non-hydrogen) atoms. The van der Waals surface area contributed by atoms with Crippen molar-refractivity contribution >= 4 is 23.9 Å². The molecular weight excluding hydrogens is 336 g/mol. The topological polar surface area (TPSA) is 222 Å². The Balaban J connectivity index is 0.000000355. The van der Waals surface area contributed by atoms with Crippen LogP contribution in [0.3, 0.4) is 0 Å². The van der Waals surface area contributed by atoms with Gasteiger partial charge in [-0.3, -0.25) is 0 Å². The van der Waals surface area contributed by atoms with Gasteiger partial charge >= 0.3 is 6.03 Å². The molecule has 13 nitrogen and oxygen atoms in total. The number of primary amides is 1. The molecule has 1 aliphatic rings. The number of aliphatic hydroxyl groups is 2. The van der Waals surface area contributed by atoms with E-state index in [1.54, 1.807) is 4.90 Å². The van der Waals surface area contributed by atoms with Crippen molar-refractivity contribution in [3.8, 4) is 0 Å². The SMILES string of the molecule is NC(=O)N1CC1.Nc1nc(N)nc(N)n1.OCCOCCOCCO. The van der Waals surface area contributed by atoms with Crippen LogP contribution in [0.5, 0.6) is 0 Å². The van der Waals surface area contributed by atoms with Crippen LogP contribution < -0.4 is 22.9 Å². The minimum absolute atomic E-state index is 0.0417. The Morgan fingerprint density at radius 3 is 1.44 bits per heavy atom. The summed E-state index contributed by atoms with van der Waals surface area (Å²) in [6, 6.07) is -0.296. The lowest BCUT2D eigenvalue weighted by Crippen LogP contribution is -2.17. The smallest absolute Gasteiger partial charge is 0.314 e. The van der Waals surface area contributed by atoms with Gasteiger partial charge in [-0.05, 0) is 0 Å². The number of urea groups is 1. The first kappa shape index (κ1) is 22.5. The van der Waals surface area contributed by atoms with Crippen molar-refractivity contribution in [2.75, 3.05) is 69.9 Å². The van der Waals surface area contributed by atoms with E-state index in [4.69, 9.17) is 42.6 Å². The molecule has 0 bridgehead atoms. The number of rotatable bonds is 7. The largest absolute Gasteiger partial charge is 0.394 e. The lowest BCUT2D eigenvalue weighted by atomic mass is 10.7. The summed E-state index contributed by atoms with van der Waals surface area (Å²) in [5, 5.41) is 16.5. The van der Waals surface area contributed by atoms with Crippen LogP contribution in [0.25, 0.3) is 0 Å². The molecule has 2 heterocycles. The Morgan fingerprint density at radius 2 is 1.24 bits per heavy atom. The Hall–Kier alpha value is -2.48. The summed E-state index contributed by atoms with van der Waals surface area (Å²) in [5.41, 5.74) is 20.2. The molecule has 0 radical (unpaired) electrons. The highest BCUT2D eigenvalue weighted by Gasteiger charge is 2.20. The monoisotopic (exact) mass is 362 g/mol. The Kier molecular flexibility index (Phi) is 12.5. The molecule has 1 aromatic rings. The zero-order valence-electron chi connectivity index (χ0n) is 13.9. The molecule has 2 rings (SSSR count). The summed E-state index contributed by atoms with van der Waals surface area (Å²) < 4.78 is 9.75. The lowest BCUT2D eigenvalue weighted by Gasteiger charge is -2.01. The van der Waals surface area contributed by atoms with Gasteiger partial charge in [-0.25, -0.2) is 4.79 Å². The summed E-state index contributed by atoms with van der Waals surface area (Å²) in [7, 11) is 0. The summed E-state index contributed by atoms with van der Waals surface area (Å²) in [6.07, 6.45) is 0. The van der Waals surface area contributed by atoms with Crippen LogP contribution in [0.1, 0.15) is 0 Å². The first-order valence-electron chi connectivity index (χ1n) is 7.34. The Labute approximate surface area is 144 Å². The van der Waals surface area contributed by atoms with E-state index in [1.807, 2.05) is 0 Å². The van der Waals surface area contributed by atoms with Crippen LogP contribution in [-0.2, 0) is 9.47 Å². The van der Waals surface area contributed by atoms with Crippen molar-refractivity contribution in [1.82, 2.24) is 19.9 Å². The van der Waals surface area contributed by atoms with E-state index >= 15 is 0 Å². The van der Waals surface area contributed by atoms with Crippen LogP contribution in [-0.4, -0.2) is 88.8 Å². The number of ether oxygens (including phenoxy) is 2. The molecule has 13 heteroatoms. The van der Waals surface area contributed by atoms with Gasteiger partial charge in [0, 0.05) is 13.1 Å². The molecule has 0 unspecified atom stereocenters. The quantitative estimate of drug-likeness (QED) is 0.212. The average molecular weight is 362 g/mol. The fourth-order valence-electron chi connectivity index (χ4n) is 1.15. The Morgan fingerprint density at radius 1 is 0.880 bits per heavy atom. The van der Waals surface area contributed by atoms with E-state index < -0.39 is 0 Å². The third kappa shape index (κ3) is 14.8. The molecule has 10 N–H and O–H groups in total. The minimum Gasteiger partial charge on any atom is -0.394 e. The standard InChI is InChI=1S/C6H14O4.C3H6N6.C3H6N2O/c7-1-3-9-5-6-10-4-2-8;4-1-7-2(5)9-3(6)8-1;4-3(6)5-1-2-5/h7-8H,1-6H2;(H6,4,5,6,7,8,9);1-2H2,(H2,4,6). The van der Waals surface area contributed by atoms with Crippen molar-refractivity contribution in [2.45, 2.75) is 0 Å². The van der Waals surface area contributed by atoms with Crippen molar-refractivity contribution in [3.05, 3.63) is 0 Å². The second-order valence-electron chi connectivity index (χ2n) is 4.41. The predicted octanol–water partition coefficient (Wildman–Crippen LogP) is -3.00. The van der Waals surface area contributed by atoms with Gasteiger partial charge in [0.15, 0.2) is 0 Å². The van der Waals surface area contributed by atoms with E-state index in [0.717, 1.165) is 13.1 Å². The molecule has 0 spiro atoms. The molecule has 0 atom stereocenters. The highest BCUT2D eigenvalue weighted by atomic mass is 16.5. The van der Waals surface area contributed by atoms with Crippen LogP contribution in [0.15, 0.2) is 0 Å². The second kappa shape index (κ2) is 13.9. The normalized spacial score (nSPS) is 11.7. The van der Waals surface area contributed by atoms with Crippen LogP contribution in [0.4, 0.5) is 22.6 Å². The predicted molar refractivity (Wildman–Crippen MR) is 90.0 cm³/mol. The highest BCUT2D eigenvalue weighted by Crippen LogP contribution is 1.99. The Bertz CT molecular complexity index is 430. The number of aromatic nitrogens is 3. The van der Waals surface area contributed by atoms with Gasteiger partial charge in [-0.15, -0.1) is 0 Å². The number of nitrogens with zero attached hydrogens (tertiary/aromatic N) is 4. The van der Waals surface area contributed by atoms with Gasteiger partial charge in [-0.1, -0.05) is 0 Å². The highest BCUT2D eigenvalue weighted by molar-refractivity contribution is 5.74. The number of nitrogen functional groups attached to an aromatic ring is 3. The van der Waals surface area contributed by atoms with E-state index in [9.17, 15) is 4.79 Å². The summed E-state index contributed by atoms with van der Waals surface area (Å²) in [5.74, 6) is 0.125. The molecule has 1 fully saturated rings. The van der Waals surface area contributed by atoms with Crippen molar-refractivity contribution in [1.29, 1.82) is 0 Å². The average Bonchev–Trinajstić information content (AvgIpc) is 3.35.